The number of rotatable bonds is 0. The average Bonchev–Trinajstić information content (AvgIpc) is 2.64. The van der Waals surface area contributed by atoms with Crippen LogP contribution >= 0.6 is 15.9 Å². The van der Waals surface area contributed by atoms with Gasteiger partial charge in [-0.25, -0.2) is 0 Å². The van der Waals surface area contributed by atoms with Gasteiger partial charge in [-0.3, -0.25) is 4.79 Å². The molecule has 0 radical (unpaired) electrons. The molecular formula is C12H13BrN2O2. The Kier molecular flexibility index (Phi) is 2.41. The number of nitrogens with zero attached hydrogens (tertiary/aromatic N) is 1. The van der Waals surface area contributed by atoms with E-state index in [1.54, 1.807) is 4.90 Å². The SMILES string of the molecule is CC12CNc3cc(Br)ccc3C(=O)N1CCO2. The topological polar surface area (TPSA) is 41.6 Å². The van der Waals surface area contributed by atoms with Crippen LogP contribution in [-0.4, -0.2) is 36.2 Å². The van der Waals surface area contributed by atoms with Crippen molar-refractivity contribution in [3.8, 4) is 0 Å². The summed E-state index contributed by atoms with van der Waals surface area (Å²) in [5.74, 6) is 0.0394. The molecule has 2 heterocycles. The van der Waals surface area contributed by atoms with Crippen molar-refractivity contribution in [2.24, 2.45) is 0 Å². The van der Waals surface area contributed by atoms with Crippen molar-refractivity contribution in [1.82, 2.24) is 4.90 Å². The highest BCUT2D eigenvalue weighted by Crippen LogP contribution is 2.32. The van der Waals surface area contributed by atoms with Crippen LogP contribution in [0.4, 0.5) is 5.69 Å². The van der Waals surface area contributed by atoms with E-state index in [4.69, 9.17) is 4.74 Å². The van der Waals surface area contributed by atoms with E-state index in [2.05, 4.69) is 21.2 Å². The van der Waals surface area contributed by atoms with Crippen molar-refractivity contribution in [3.63, 3.8) is 0 Å². The zero-order chi connectivity index (χ0) is 12.0. The van der Waals surface area contributed by atoms with Gasteiger partial charge in [0.05, 0.1) is 18.7 Å². The molecule has 1 saturated heterocycles. The molecule has 1 aromatic carbocycles. The molecule has 1 atom stereocenters. The quantitative estimate of drug-likeness (QED) is 0.797. The van der Waals surface area contributed by atoms with Gasteiger partial charge in [-0.2, -0.15) is 0 Å². The average molecular weight is 297 g/mol. The molecule has 5 heteroatoms. The van der Waals surface area contributed by atoms with Crippen LogP contribution < -0.4 is 5.32 Å². The van der Waals surface area contributed by atoms with Gasteiger partial charge in [-0.05, 0) is 25.1 Å². The Morgan fingerprint density at radius 3 is 3.18 bits per heavy atom. The number of carbonyl (C=O) groups excluding carboxylic acids is 1. The van der Waals surface area contributed by atoms with E-state index in [0.717, 1.165) is 10.2 Å². The second-order valence-electron chi connectivity index (χ2n) is 4.52. The largest absolute Gasteiger partial charge is 0.380 e. The van der Waals surface area contributed by atoms with Gasteiger partial charge in [0.15, 0.2) is 5.72 Å². The highest BCUT2D eigenvalue weighted by atomic mass is 79.9. The molecule has 1 fully saturated rings. The second-order valence-corrected chi connectivity index (χ2v) is 5.44. The molecule has 0 spiro atoms. The first-order valence-corrected chi connectivity index (χ1v) is 6.39. The zero-order valence-corrected chi connectivity index (χ0v) is 11.1. The fourth-order valence-electron chi connectivity index (χ4n) is 2.39. The summed E-state index contributed by atoms with van der Waals surface area (Å²) >= 11 is 3.41. The molecule has 2 aliphatic rings. The Morgan fingerprint density at radius 1 is 1.53 bits per heavy atom. The molecule has 4 nitrogen and oxygen atoms in total. The Bertz CT molecular complexity index is 491. The highest BCUT2D eigenvalue weighted by Gasteiger charge is 2.43. The van der Waals surface area contributed by atoms with Gasteiger partial charge in [0, 0.05) is 16.7 Å². The summed E-state index contributed by atoms with van der Waals surface area (Å²) in [6.07, 6.45) is 0. The van der Waals surface area contributed by atoms with E-state index < -0.39 is 5.72 Å². The van der Waals surface area contributed by atoms with Crippen LogP contribution in [0.5, 0.6) is 0 Å². The number of hydrogen-bond donors (Lipinski definition) is 1. The van der Waals surface area contributed by atoms with E-state index in [1.165, 1.54) is 0 Å². The predicted molar refractivity (Wildman–Crippen MR) is 68.0 cm³/mol. The van der Waals surface area contributed by atoms with Crippen LogP contribution in [0.3, 0.4) is 0 Å². The Morgan fingerprint density at radius 2 is 2.35 bits per heavy atom. The van der Waals surface area contributed by atoms with Crippen molar-refractivity contribution < 1.29 is 9.53 Å². The minimum atomic E-state index is -0.525. The van der Waals surface area contributed by atoms with Crippen molar-refractivity contribution in [2.75, 3.05) is 25.0 Å². The Hall–Kier alpha value is -1.07. The molecule has 0 aliphatic carbocycles. The van der Waals surface area contributed by atoms with Crippen molar-refractivity contribution in [2.45, 2.75) is 12.6 Å². The fourth-order valence-corrected chi connectivity index (χ4v) is 2.75. The molecule has 1 N–H and O–H groups in total. The molecule has 0 aromatic heterocycles. The third-order valence-corrected chi connectivity index (χ3v) is 3.86. The molecule has 2 aliphatic heterocycles. The van der Waals surface area contributed by atoms with Gasteiger partial charge < -0.3 is 15.0 Å². The summed E-state index contributed by atoms with van der Waals surface area (Å²) in [6, 6.07) is 5.66. The lowest BCUT2D eigenvalue weighted by atomic mass is 10.1. The molecule has 1 unspecified atom stereocenters. The molecule has 0 saturated carbocycles. The lowest BCUT2D eigenvalue weighted by Gasteiger charge is -2.31. The summed E-state index contributed by atoms with van der Waals surface area (Å²) < 4.78 is 6.65. The lowest BCUT2D eigenvalue weighted by Crippen LogP contribution is -2.48. The summed E-state index contributed by atoms with van der Waals surface area (Å²) in [4.78, 5) is 14.2. The summed E-state index contributed by atoms with van der Waals surface area (Å²) in [7, 11) is 0. The monoisotopic (exact) mass is 296 g/mol. The van der Waals surface area contributed by atoms with Crippen LogP contribution in [0.25, 0.3) is 0 Å². The van der Waals surface area contributed by atoms with Gasteiger partial charge in [0.25, 0.3) is 5.91 Å². The third kappa shape index (κ3) is 1.65. The molecule has 17 heavy (non-hydrogen) atoms. The molecule has 3 rings (SSSR count). The van der Waals surface area contributed by atoms with Gasteiger partial charge in [-0.15, -0.1) is 0 Å². The first kappa shape index (κ1) is 11.0. The van der Waals surface area contributed by atoms with Gasteiger partial charge in [-0.1, -0.05) is 15.9 Å². The minimum Gasteiger partial charge on any atom is -0.380 e. The van der Waals surface area contributed by atoms with E-state index in [-0.39, 0.29) is 5.91 Å². The van der Waals surface area contributed by atoms with Gasteiger partial charge in [0.2, 0.25) is 0 Å². The first-order chi connectivity index (χ1) is 8.10. The number of benzene rings is 1. The van der Waals surface area contributed by atoms with E-state index >= 15 is 0 Å². The van der Waals surface area contributed by atoms with E-state index in [9.17, 15) is 4.79 Å². The van der Waals surface area contributed by atoms with E-state index in [1.807, 2.05) is 25.1 Å². The lowest BCUT2D eigenvalue weighted by molar-refractivity contribution is -0.0411. The number of fused-ring (bicyclic) bond motifs is 2. The van der Waals surface area contributed by atoms with Crippen molar-refractivity contribution >= 4 is 27.5 Å². The number of amides is 1. The number of halogens is 1. The van der Waals surface area contributed by atoms with Crippen LogP contribution in [0.2, 0.25) is 0 Å². The fraction of sp³-hybridized carbons (Fsp3) is 0.417. The van der Waals surface area contributed by atoms with Crippen molar-refractivity contribution in [3.05, 3.63) is 28.2 Å². The molecule has 90 valence electrons. The van der Waals surface area contributed by atoms with E-state index in [0.29, 0.717) is 25.3 Å². The minimum absolute atomic E-state index is 0.0394. The molecule has 0 bridgehead atoms. The van der Waals surface area contributed by atoms with Crippen LogP contribution in [-0.2, 0) is 4.74 Å². The van der Waals surface area contributed by atoms with Crippen LogP contribution in [0, 0.1) is 0 Å². The smallest absolute Gasteiger partial charge is 0.258 e. The standard InChI is InChI=1S/C12H13BrN2O2/c1-12-7-14-10-6-8(13)2-3-9(10)11(16)15(12)4-5-17-12/h2-3,6,14H,4-5,7H2,1H3. The number of ether oxygens (including phenoxy) is 1. The normalized spacial score (nSPS) is 27.2. The number of anilines is 1. The highest BCUT2D eigenvalue weighted by molar-refractivity contribution is 9.10. The number of carbonyl (C=O) groups is 1. The summed E-state index contributed by atoms with van der Waals surface area (Å²) in [5.41, 5.74) is 1.05. The van der Waals surface area contributed by atoms with Crippen LogP contribution in [0.15, 0.2) is 22.7 Å². The number of hydrogen-bond acceptors (Lipinski definition) is 3. The van der Waals surface area contributed by atoms with Crippen molar-refractivity contribution in [1.29, 1.82) is 0 Å². The molecule has 1 amide bonds. The van der Waals surface area contributed by atoms with Gasteiger partial charge in [0.1, 0.15) is 0 Å². The maximum atomic E-state index is 12.4. The maximum absolute atomic E-state index is 12.4. The number of nitrogens with one attached hydrogen (secondary N) is 1. The van der Waals surface area contributed by atoms with Crippen LogP contribution in [0.1, 0.15) is 17.3 Å². The Labute approximate surface area is 108 Å². The maximum Gasteiger partial charge on any atom is 0.258 e. The summed E-state index contributed by atoms with van der Waals surface area (Å²) in [5, 5.41) is 3.29. The third-order valence-electron chi connectivity index (χ3n) is 3.36. The summed E-state index contributed by atoms with van der Waals surface area (Å²) in [6.45, 7) is 3.83. The van der Waals surface area contributed by atoms with Gasteiger partial charge >= 0.3 is 0 Å². The zero-order valence-electron chi connectivity index (χ0n) is 9.50. The second kappa shape index (κ2) is 3.71. The Balaban J connectivity index is 2.08. The first-order valence-electron chi connectivity index (χ1n) is 5.59. The molecule has 1 aromatic rings. The predicted octanol–water partition coefficient (Wildman–Crippen LogP) is 2.06. The molecular weight excluding hydrogens is 284 g/mol.